The summed E-state index contributed by atoms with van der Waals surface area (Å²) >= 11 is 0. The van der Waals surface area contributed by atoms with Crippen LogP contribution in [0.5, 0.6) is 0 Å². The first-order valence-corrected chi connectivity index (χ1v) is 7.99. The lowest BCUT2D eigenvalue weighted by molar-refractivity contribution is -0.136. The highest BCUT2D eigenvalue weighted by Gasteiger charge is 2.17. The molecule has 2 rings (SSSR count). The van der Waals surface area contributed by atoms with Gasteiger partial charge in [0.25, 0.3) is 0 Å². The van der Waals surface area contributed by atoms with E-state index in [1.165, 1.54) is 0 Å². The van der Waals surface area contributed by atoms with Crippen LogP contribution in [0.15, 0.2) is 30.4 Å². The van der Waals surface area contributed by atoms with Crippen molar-refractivity contribution in [2.45, 2.75) is 26.2 Å². The molecule has 0 fully saturated rings. The summed E-state index contributed by atoms with van der Waals surface area (Å²) in [5.74, 6) is -0.763. The van der Waals surface area contributed by atoms with Gasteiger partial charge in [-0.1, -0.05) is 12.2 Å². The lowest BCUT2D eigenvalue weighted by Crippen LogP contribution is -2.38. The highest BCUT2D eigenvalue weighted by Crippen LogP contribution is 2.21. The molecule has 0 saturated heterocycles. The monoisotopic (exact) mass is 315 g/mol. The topological polar surface area (TPSA) is 61.4 Å². The Hall–Kier alpha value is -2.30. The van der Waals surface area contributed by atoms with E-state index in [0.29, 0.717) is 18.2 Å². The van der Waals surface area contributed by atoms with Gasteiger partial charge in [-0.05, 0) is 55.9 Å². The van der Waals surface area contributed by atoms with Crippen molar-refractivity contribution in [1.29, 1.82) is 0 Å². The third-order valence-electron chi connectivity index (χ3n) is 4.07. The third kappa shape index (κ3) is 4.84. The molecule has 0 aromatic heterocycles. The van der Waals surface area contributed by atoms with Gasteiger partial charge in [-0.25, -0.2) is 0 Å². The van der Waals surface area contributed by atoms with E-state index >= 15 is 0 Å². The van der Waals surface area contributed by atoms with E-state index in [0.717, 1.165) is 30.5 Å². The number of benzene rings is 1. The van der Waals surface area contributed by atoms with Gasteiger partial charge in [0.2, 0.25) is 0 Å². The zero-order valence-electron chi connectivity index (χ0n) is 14.1. The van der Waals surface area contributed by atoms with E-state index in [9.17, 15) is 9.59 Å². The first-order chi connectivity index (χ1) is 11.0. The van der Waals surface area contributed by atoms with Crippen molar-refractivity contribution in [1.82, 2.24) is 5.32 Å². The van der Waals surface area contributed by atoms with E-state index in [1.807, 2.05) is 38.1 Å². The summed E-state index contributed by atoms with van der Waals surface area (Å²) in [4.78, 5) is 25.9. The number of aryl methyl sites for hydroxylation is 1. The third-order valence-corrected chi connectivity index (χ3v) is 4.07. The van der Waals surface area contributed by atoms with Crippen LogP contribution < -0.4 is 15.5 Å². The number of carbonyl (C=O) groups excluding carboxylic acids is 2. The number of anilines is 2. The van der Waals surface area contributed by atoms with Gasteiger partial charge in [-0.15, -0.1) is 0 Å². The fraction of sp³-hybridized carbons (Fsp3) is 0.444. The number of carbonyl (C=O) groups is 2. The van der Waals surface area contributed by atoms with E-state index in [2.05, 4.69) is 22.8 Å². The van der Waals surface area contributed by atoms with Crippen LogP contribution in [0, 0.1) is 12.8 Å². The second-order valence-electron chi connectivity index (χ2n) is 6.21. The summed E-state index contributed by atoms with van der Waals surface area (Å²) in [5, 5.41) is 5.38. The highest BCUT2D eigenvalue weighted by atomic mass is 16.2. The summed E-state index contributed by atoms with van der Waals surface area (Å²) in [5.41, 5.74) is 2.76. The van der Waals surface area contributed by atoms with Crippen molar-refractivity contribution in [2.24, 2.45) is 5.92 Å². The molecule has 0 bridgehead atoms. The van der Waals surface area contributed by atoms with Gasteiger partial charge in [0.15, 0.2) is 0 Å². The normalized spacial score (nSPS) is 16.7. The maximum Gasteiger partial charge on any atom is 0.313 e. The Morgan fingerprint density at radius 2 is 2.00 bits per heavy atom. The lowest BCUT2D eigenvalue weighted by atomic mass is 9.94. The maximum absolute atomic E-state index is 12.0. The van der Waals surface area contributed by atoms with E-state index in [-0.39, 0.29) is 0 Å². The molecule has 1 aliphatic carbocycles. The van der Waals surface area contributed by atoms with Crippen molar-refractivity contribution in [3.63, 3.8) is 0 Å². The van der Waals surface area contributed by atoms with Crippen molar-refractivity contribution in [2.75, 3.05) is 30.9 Å². The molecule has 2 amide bonds. The molecule has 23 heavy (non-hydrogen) atoms. The second-order valence-corrected chi connectivity index (χ2v) is 6.21. The Bertz CT molecular complexity index is 608. The minimum absolute atomic E-state index is 0.429. The zero-order chi connectivity index (χ0) is 16.8. The Balaban J connectivity index is 1.86. The second kappa shape index (κ2) is 7.81. The summed E-state index contributed by atoms with van der Waals surface area (Å²) in [7, 11) is 3.93. The van der Waals surface area contributed by atoms with Crippen LogP contribution in [0.3, 0.4) is 0 Å². The summed E-state index contributed by atoms with van der Waals surface area (Å²) < 4.78 is 0. The Labute approximate surface area is 137 Å². The van der Waals surface area contributed by atoms with Crippen LogP contribution in [0.2, 0.25) is 0 Å². The number of hydrogen-bond acceptors (Lipinski definition) is 3. The van der Waals surface area contributed by atoms with Gasteiger partial charge in [-0.3, -0.25) is 9.59 Å². The van der Waals surface area contributed by atoms with Crippen LogP contribution in [0.4, 0.5) is 11.4 Å². The van der Waals surface area contributed by atoms with Crippen molar-refractivity contribution >= 4 is 23.2 Å². The first kappa shape index (κ1) is 17.1. The minimum atomic E-state index is -0.617. The number of rotatable bonds is 4. The molecule has 0 aliphatic heterocycles. The summed E-state index contributed by atoms with van der Waals surface area (Å²) in [6, 6.07) is 5.60. The standard InChI is InChI=1S/C18H25N3O2/c1-13-11-15(9-10-16(13)21(2)3)20-18(23)17(22)19-12-14-7-5-4-6-8-14/h4-5,9-11,14H,6-8,12H2,1-3H3,(H,19,22)(H,20,23). The molecule has 124 valence electrons. The smallest absolute Gasteiger partial charge is 0.313 e. The molecule has 0 heterocycles. The van der Waals surface area contributed by atoms with Gasteiger partial charge in [-0.2, -0.15) is 0 Å². The molecular weight excluding hydrogens is 290 g/mol. The molecule has 1 atom stereocenters. The SMILES string of the molecule is Cc1cc(NC(=O)C(=O)NCC2CC=CCC2)ccc1N(C)C. The van der Waals surface area contributed by atoms with E-state index < -0.39 is 11.8 Å². The Morgan fingerprint density at radius 3 is 2.61 bits per heavy atom. The largest absolute Gasteiger partial charge is 0.377 e. The number of amides is 2. The number of allylic oxidation sites excluding steroid dienone is 2. The summed E-state index contributed by atoms with van der Waals surface area (Å²) in [6.45, 7) is 2.52. The predicted molar refractivity (Wildman–Crippen MR) is 93.6 cm³/mol. The van der Waals surface area contributed by atoms with Crippen LogP contribution in [0.1, 0.15) is 24.8 Å². The van der Waals surface area contributed by atoms with Crippen molar-refractivity contribution in [3.05, 3.63) is 35.9 Å². The average Bonchev–Trinajstić information content (AvgIpc) is 2.53. The molecular formula is C18H25N3O2. The fourth-order valence-electron chi connectivity index (χ4n) is 2.78. The Morgan fingerprint density at radius 1 is 1.22 bits per heavy atom. The van der Waals surface area contributed by atoms with Crippen LogP contribution in [-0.4, -0.2) is 32.5 Å². The zero-order valence-corrected chi connectivity index (χ0v) is 14.1. The number of nitrogens with zero attached hydrogens (tertiary/aromatic N) is 1. The molecule has 0 radical (unpaired) electrons. The fourth-order valence-corrected chi connectivity index (χ4v) is 2.78. The average molecular weight is 315 g/mol. The van der Waals surface area contributed by atoms with Gasteiger partial charge in [0, 0.05) is 32.0 Å². The Kier molecular flexibility index (Phi) is 5.79. The molecule has 5 nitrogen and oxygen atoms in total. The lowest BCUT2D eigenvalue weighted by Gasteiger charge is -2.18. The molecule has 0 saturated carbocycles. The van der Waals surface area contributed by atoms with Gasteiger partial charge >= 0.3 is 11.8 Å². The molecule has 1 aromatic carbocycles. The van der Waals surface area contributed by atoms with Crippen molar-refractivity contribution in [3.8, 4) is 0 Å². The number of nitrogens with one attached hydrogen (secondary N) is 2. The molecule has 1 aromatic rings. The summed E-state index contributed by atoms with van der Waals surface area (Å²) in [6.07, 6.45) is 7.36. The van der Waals surface area contributed by atoms with Gasteiger partial charge in [0.05, 0.1) is 0 Å². The van der Waals surface area contributed by atoms with Gasteiger partial charge < -0.3 is 15.5 Å². The van der Waals surface area contributed by atoms with Crippen LogP contribution in [-0.2, 0) is 9.59 Å². The van der Waals surface area contributed by atoms with Gasteiger partial charge in [0.1, 0.15) is 0 Å². The quantitative estimate of drug-likeness (QED) is 0.663. The molecule has 1 aliphatic rings. The highest BCUT2D eigenvalue weighted by molar-refractivity contribution is 6.39. The predicted octanol–water partition coefficient (Wildman–Crippen LogP) is 2.47. The van der Waals surface area contributed by atoms with Crippen LogP contribution >= 0.6 is 0 Å². The number of hydrogen-bond donors (Lipinski definition) is 2. The van der Waals surface area contributed by atoms with E-state index in [4.69, 9.17) is 0 Å². The van der Waals surface area contributed by atoms with Crippen LogP contribution in [0.25, 0.3) is 0 Å². The van der Waals surface area contributed by atoms with E-state index in [1.54, 1.807) is 6.07 Å². The molecule has 5 heteroatoms. The molecule has 1 unspecified atom stereocenters. The van der Waals surface area contributed by atoms with Crippen molar-refractivity contribution < 1.29 is 9.59 Å². The maximum atomic E-state index is 12.0. The first-order valence-electron chi connectivity index (χ1n) is 7.99. The molecule has 2 N–H and O–H groups in total. The molecule has 0 spiro atoms. The minimum Gasteiger partial charge on any atom is -0.377 e.